The van der Waals surface area contributed by atoms with Gasteiger partial charge in [0.25, 0.3) is 5.91 Å². The van der Waals surface area contributed by atoms with E-state index in [-0.39, 0.29) is 40.7 Å². The summed E-state index contributed by atoms with van der Waals surface area (Å²) in [6.07, 6.45) is 3.96. The van der Waals surface area contributed by atoms with Crippen molar-refractivity contribution in [3.63, 3.8) is 0 Å². The Morgan fingerprint density at radius 3 is 2.37 bits per heavy atom. The fourth-order valence-corrected chi connectivity index (χ4v) is 9.82. The highest BCUT2D eigenvalue weighted by Gasteiger charge is 2.66. The van der Waals surface area contributed by atoms with Crippen molar-refractivity contribution in [2.24, 2.45) is 22.7 Å². The van der Waals surface area contributed by atoms with Crippen LogP contribution in [0.4, 0.5) is 0 Å². The van der Waals surface area contributed by atoms with Gasteiger partial charge >= 0.3 is 0 Å². The van der Waals surface area contributed by atoms with Crippen molar-refractivity contribution in [3.8, 4) is 0 Å². The first-order valence-corrected chi connectivity index (χ1v) is 16.5. The molecule has 8 nitrogen and oxygen atoms in total. The van der Waals surface area contributed by atoms with E-state index in [9.17, 15) is 25.2 Å². The minimum atomic E-state index is -1.31. The van der Waals surface area contributed by atoms with E-state index in [4.69, 9.17) is 9.47 Å². The van der Waals surface area contributed by atoms with E-state index in [0.29, 0.717) is 11.5 Å². The predicted molar refractivity (Wildman–Crippen MR) is 162 cm³/mol. The quantitative estimate of drug-likeness (QED) is 0.322. The molecule has 1 saturated heterocycles. The Kier molecular flexibility index (Phi) is 8.13. The molecule has 1 heterocycles. The van der Waals surface area contributed by atoms with E-state index in [1.165, 1.54) is 11.1 Å². The van der Waals surface area contributed by atoms with Gasteiger partial charge in [0.1, 0.15) is 18.3 Å². The van der Waals surface area contributed by atoms with Crippen LogP contribution in [0.1, 0.15) is 108 Å². The van der Waals surface area contributed by atoms with Gasteiger partial charge in [-0.2, -0.15) is 0 Å². The van der Waals surface area contributed by atoms with Crippen LogP contribution in [-0.4, -0.2) is 74.8 Å². The number of ether oxygens (including phenoxy) is 2. The van der Waals surface area contributed by atoms with Gasteiger partial charge in [0.15, 0.2) is 6.29 Å². The number of fused-ring (bicyclic) bond motifs is 5. The van der Waals surface area contributed by atoms with E-state index in [1.54, 1.807) is 6.92 Å². The Morgan fingerprint density at radius 1 is 0.953 bits per heavy atom. The molecule has 1 amide bonds. The lowest BCUT2D eigenvalue weighted by Crippen LogP contribution is -2.60. The maximum atomic E-state index is 12.6. The van der Waals surface area contributed by atoms with Gasteiger partial charge in [-0.3, -0.25) is 4.79 Å². The minimum Gasteiger partial charge on any atom is -0.389 e. The fourth-order valence-electron chi connectivity index (χ4n) is 9.82. The van der Waals surface area contributed by atoms with Crippen molar-refractivity contribution < 1.29 is 34.7 Å². The van der Waals surface area contributed by atoms with Gasteiger partial charge < -0.3 is 35.2 Å². The number of aliphatic hydroxyl groups excluding tert-OH is 3. The van der Waals surface area contributed by atoms with E-state index in [0.717, 1.165) is 51.4 Å². The molecule has 0 unspecified atom stereocenters. The summed E-state index contributed by atoms with van der Waals surface area (Å²) < 4.78 is 11.9. The third kappa shape index (κ3) is 5.01. The maximum Gasteiger partial charge on any atom is 0.251 e. The normalized spacial score (nSPS) is 46.0. The summed E-state index contributed by atoms with van der Waals surface area (Å²) in [6.45, 7) is 10.3. The summed E-state index contributed by atoms with van der Waals surface area (Å²) in [5, 5.41) is 46.3. The Bertz CT molecular complexity index is 1230. The largest absolute Gasteiger partial charge is 0.389 e. The lowest BCUT2D eigenvalue weighted by atomic mass is 9.45. The third-order valence-electron chi connectivity index (χ3n) is 12.4. The Hall–Kier alpha value is -1.81. The number of rotatable bonds is 5. The highest BCUT2D eigenvalue weighted by molar-refractivity contribution is 5.94. The Labute approximate surface area is 255 Å². The smallest absolute Gasteiger partial charge is 0.251 e. The second kappa shape index (κ2) is 11.2. The number of amides is 1. The molecule has 43 heavy (non-hydrogen) atoms. The van der Waals surface area contributed by atoms with Gasteiger partial charge in [-0.25, -0.2) is 0 Å². The van der Waals surface area contributed by atoms with Crippen LogP contribution < -0.4 is 5.32 Å². The molecule has 12 atom stereocenters. The summed E-state index contributed by atoms with van der Waals surface area (Å²) in [6, 6.07) is 8.15. The zero-order valence-electron chi connectivity index (χ0n) is 26.3. The Balaban J connectivity index is 1.18. The van der Waals surface area contributed by atoms with Crippen molar-refractivity contribution in [3.05, 3.63) is 47.0 Å². The number of carbonyl (C=O) groups is 1. The number of nitrogens with one attached hydrogen (secondary N) is 1. The zero-order valence-corrected chi connectivity index (χ0v) is 26.3. The second-order valence-corrected chi connectivity index (χ2v) is 15.0. The molecule has 0 spiro atoms. The van der Waals surface area contributed by atoms with E-state index in [2.05, 4.69) is 37.4 Å². The van der Waals surface area contributed by atoms with Crippen LogP contribution in [-0.2, 0) is 9.47 Å². The topological polar surface area (TPSA) is 128 Å². The molecule has 5 N–H and O–H groups in total. The summed E-state index contributed by atoms with van der Waals surface area (Å²) in [4.78, 5) is 12.5. The van der Waals surface area contributed by atoms with Gasteiger partial charge in [-0.05, 0) is 113 Å². The molecule has 1 aromatic rings. The number of allylic oxidation sites excluding steroid dienone is 1. The van der Waals surface area contributed by atoms with Gasteiger partial charge in [0.05, 0.1) is 17.8 Å². The van der Waals surface area contributed by atoms with Gasteiger partial charge in [-0.15, -0.1) is 0 Å². The van der Waals surface area contributed by atoms with E-state index >= 15 is 0 Å². The molecule has 0 bridgehead atoms. The average Bonchev–Trinajstić information content (AvgIpc) is 3.25. The highest BCUT2D eigenvalue weighted by Crippen LogP contribution is 2.70. The summed E-state index contributed by atoms with van der Waals surface area (Å²) in [7, 11) is 0. The van der Waals surface area contributed by atoms with Crippen LogP contribution in [0.15, 0.2) is 35.9 Å². The monoisotopic (exact) mass is 597 g/mol. The first kappa shape index (κ1) is 31.2. The van der Waals surface area contributed by atoms with Crippen LogP contribution in [0, 0.1) is 22.7 Å². The maximum absolute atomic E-state index is 12.6. The fraction of sp³-hybridized carbons (Fsp3) is 0.743. The molecule has 3 saturated carbocycles. The molecule has 238 valence electrons. The lowest BCUT2D eigenvalue weighted by Gasteiger charge is -2.62. The minimum absolute atomic E-state index is 0.0155. The number of hydrogen-bond donors (Lipinski definition) is 5. The second-order valence-electron chi connectivity index (χ2n) is 15.0. The van der Waals surface area contributed by atoms with Gasteiger partial charge in [0.2, 0.25) is 0 Å². The molecule has 8 heteroatoms. The SMILES string of the molecule is CC(C)NC(=O)c1ccc([C@H]2CC[C@]3(O)[C@@H]4CCC5=C[C@@H](O[C@@H]6O[C@@H](C)[C@H](O)[C@@H](O)[C@H]6O)CC[C@]5(C)[C@H]4CC[C@]23C)cc1. The number of hydrogen-bond acceptors (Lipinski definition) is 7. The molecule has 0 aromatic heterocycles. The van der Waals surface area contributed by atoms with Crippen LogP contribution in [0.2, 0.25) is 0 Å². The molecule has 0 radical (unpaired) electrons. The molecule has 6 rings (SSSR count). The lowest BCUT2D eigenvalue weighted by molar-refractivity contribution is -0.301. The summed E-state index contributed by atoms with van der Waals surface area (Å²) >= 11 is 0. The molecule has 4 aliphatic carbocycles. The predicted octanol–water partition coefficient (Wildman–Crippen LogP) is 4.20. The molecule has 1 aliphatic heterocycles. The van der Waals surface area contributed by atoms with Crippen molar-refractivity contribution in [2.45, 2.75) is 140 Å². The van der Waals surface area contributed by atoms with Crippen molar-refractivity contribution in [2.75, 3.05) is 0 Å². The van der Waals surface area contributed by atoms with Gasteiger partial charge in [0, 0.05) is 17.0 Å². The molecular weight excluding hydrogens is 546 g/mol. The molecule has 5 aliphatic rings. The summed E-state index contributed by atoms with van der Waals surface area (Å²) in [5.74, 6) is 0.825. The van der Waals surface area contributed by atoms with Crippen molar-refractivity contribution in [1.82, 2.24) is 5.32 Å². The van der Waals surface area contributed by atoms with Crippen LogP contribution >= 0.6 is 0 Å². The van der Waals surface area contributed by atoms with Crippen LogP contribution in [0.25, 0.3) is 0 Å². The molecule has 1 aromatic carbocycles. The van der Waals surface area contributed by atoms with Crippen LogP contribution in [0.3, 0.4) is 0 Å². The molecular formula is C35H51NO7. The zero-order chi connectivity index (χ0) is 30.9. The molecule has 4 fully saturated rings. The first-order chi connectivity index (χ1) is 20.3. The summed E-state index contributed by atoms with van der Waals surface area (Å²) in [5.41, 5.74) is 2.30. The van der Waals surface area contributed by atoms with Gasteiger partial charge in [-0.1, -0.05) is 37.6 Å². The Morgan fingerprint density at radius 2 is 1.67 bits per heavy atom. The third-order valence-corrected chi connectivity index (χ3v) is 12.4. The standard InChI is InChI=1S/C35H51NO7/c1-19(2)36-31(40)22-8-6-21(7-9-22)25-14-17-35(41)27-11-10-23-18-24(43-32-30(39)29(38)28(37)20(3)42-32)12-15-33(23,4)26(27)13-16-34(25,35)5/h6-9,18-20,24-30,32,37-39,41H,10-17H2,1-5H3,(H,36,40)/t20-,24-,25+,26-,27+,28-,29+,30+,32-,33-,34+,35-/m0/s1. The van der Waals surface area contributed by atoms with Crippen molar-refractivity contribution in [1.29, 1.82) is 0 Å². The highest BCUT2D eigenvalue weighted by atomic mass is 16.7. The first-order valence-electron chi connectivity index (χ1n) is 16.5. The van der Waals surface area contributed by atoms with Crippen molar-refractivity contribution >= 4 is 5.91 Å². The average molecular weight is 598 g/mol. The van der Waals surface area contributed by atoms with Crippen LogP contribution in [0.5, 0.6) is 0 Å². The number of aliphatic hydroxyl groups is 4. The number of benzene rings is 1. The number of carbonyl (C=O) groups excluding carboxylic acids is 1. The van der Waals surface area contributed by atoms with E-state index < -0.39 is 36.3 Å². The van der Waals surface area contributed by atoms with E-state index in [1.807, 2.05) is 26.0 Å².